The van der Waals surface area contributed by atoms with Crippen molar-refractivity contribution in [3.05, 3.63) is 52.4 Å². The molecule has 1 unspecified atom stereocenters. The van der Waals surface area contributed by atoms with E-state index in [1.165, 1.54) is 0 Å². The van der Waals surface area contributed by atoms with Crippen LogP contribution in [0.15, 0.2) is 34.9 Å². The van der Waals surface area contributed by atoms with E-state index in [0.29, 0.717) is 18.1 Å². The van der Waals surface area contributed by atoms with Gasteiger partial charge in [0.15, 0.2) is 0 Å². The van der Waals surface area contributed by atoms with E-state index < -0.39 is 0 Å². The van der Waals surface area contributed by atoms with Crippen molar-refractivity contribution in [2.24, 2.45) is 0 Å². The lowest BCUT2D eigenvalue weighted by Crippen LogP contribution is -2.37. The average molecular weight is 336 g/mol. The van der Waals surface area contributed by atoms with Gasteiger partial charge in [0.1, 0.15) is 5.76 Å². The van der Waals surface area contributed by atoms with Crippen LogP contribution in [0.3, 0.4) is 0 Å². The van der Waals surface area contributed by atoms with Crippen molar-refractivity contribution in [1.82, 2.24) is 15.4 Å². The average Bonchev–Trinajstić information content (AvgIpc) is 2.90. The van der Waals surface area contributed by atoms with E-state index in [2.05, 4.69) is 10.5 Å². The summed E-state index contributed by atoms with van der Waals surface area (Å²) in [4.78, 5) is 14.1. The zero-order chi connectivity index (χ0) is 16.8. The third kappa shape index (κ3) is 5.37. The SMILES string of the molecule is CCC(NC(=O)CN(C)Cc1cc(C)on1)c1ccc(Cl)cc1. The number of aromatic nitrogens is 1. The lowest BCUT2D eigenvalue weighted by Gasteiger charge is -2.20. The highest BCUT2D eigenvalue weighted by molar-refractivity contribution is 6.30. The van der Waals surface area contributed by atoms with Crippen molar-refractivity contribution in [3.63, 3.8) is 0 Å². The summed E-state index contributed by atoms with van der Waals surface area (Å²) in [6.45, 7) is 4.76. The molecule has 0 saturated carbocycles. The highest BCUT2D eigenvalue weighted by Crippen LogP contribution is 2.19. The third-order valence-corrected chi connectivity index (χ3v) is 3.79. The number of rotatable bonds is 7. The van der Waals surface area contributed by atoms with E-state index in [-0.39, 0.29) is 11.9 Å². The minimum Gasteiger partial charge on any atom is -0.361 e. The lowest BCUT2D eigenvalue weighted by atomic mass is 10.0. The topological polar surface area (TPSA) is 58.4 Å². The Kier molecular flexibility index (Phi) is 6.19. The molecule has 23 heavy (non-hydrogen) atoms. The fraction of sp³-hybridized carbons (Fsp3) is 0.412. The van der Waals surface area contributed by atoms with E-state index in [1.54, 1.807) is 0 Å². The number of carbonyl (C=O) groups is 1. The number of amides is 1. The van der Waals surface area contributed by atoms with E-state index in [4.69, 9.17) is 16.1 Å². The minimum atomic E-state index is -0.0190. The standard InChI is InChI=1S/C17H22ClN3O2/c1-4-16(13-5-7-14(18)8-6-13)19-17(22)11-21(3)10-15-9-12(2)23-20-15/h5-9,16H,4,10-11H2,1-3H3,(H,19,22). The first kappa shape index (κ1) is 17.5. The van der Waals surface area contributed by atoms with Crippen molar-refractivity contribution < 1.29 is 9.32 Å². The third-order valence-electron chi connectivity index (χ3n) is 3.54. The van der Waals surface area contributed by atoms with Gasteiger partial charge in [-0.25, -0.2) is 0 Å². The summed E-state index contributed by atoms with van der Waals surface area (Å²) < 4.78 is 5.03. The smallest absolute Gasteiger partial charge is 0.234 e. The molecule has 1 aromatic heterocycles. The van der Waals surface area contributed by atoms with Gasteiger partial charge in [0.2, 0.25) is 5.91 Å². The predicted molar refractivity (Wildman–Crippen MR) is 90.2 cm³/mol. The Bertz CT molecular complexity index is 640. The second-order valence-electron chi connectivity index (χ2n) is 5.68. The molecule has 2 aromatic rings. The molecule has 2 rings (SSSR count). The molecule has 1 amide bonds. The summed E-state index contributed by atoms with van der Waals surface area (Å²) in [5.74, 6) is 0.751. The number of hydrogen-bond donors (Lipinski definition) is 1. The second-order valence-corrected chi connectivity index (χ2v) is 6.12. The summed E-state index contributed by atoms with van der Waals surface area (Å²) in [5.41, 5.74) is 1.88. The van der Waals surface area contributed by atoms with Crippen LogP contribution in [0.25, 0.3) is 0 Å². The van der Waals surface area contributed by atoms with Gasteiger partial charge in [-0.2, -0.15) is 0 Å². The molecule has 1 aromatic carbocycles. The van der Waals surface area contributed by atoms with Gasteiger partial charge < -0.3 is 9.84 Å². The van der Waals surface area contributed by atoms with Gasteiger partial charge in [0.25, 0.3) is 0 Å². The van der Waals surface area contributed by atoms with Gasteiger partial charge in [-0.15, -0.1) is 0 Å². The number of halogens is 1. The van der Waals surface area contributed by atoms with Crippen LogP contribution in [0.5, 0.6) is 0 Å². The molecule has 124 valence electrons. The first-order chi connectivity index (χ1) is 11.0. The second kappa shape index (κ2) is 8.13. The Morgan fingerprint density at radius 2 is 2.09 bits per heavy atom. The minimum absolute atomic E-state index is 0.0116. The number of nitrogens with one attached hydrogen (secondary N) is 1. The maximum atomic E-state index is 12.2. The summed E-state index contributed by atoms with van der Waals surface area (Å²) in [6, 6.07) is 9.42. The quantitative estimate of drug-likeness (QED) is 0.843. The number of aryl methyl sites for hydroxylation is 1. The predicted octanol–water partition coefficient (Wildman–Crippen LogP) is 3.34. The number of carbonyl (C=O) groups excluding carboxylic acids is 1. The van der Waals surface area contributed by atoms with Crippen molar-refractivity contribution in [3.8, 4) is 0 Å². The largest absolute Gasteiger partial charge is 0.361 e. The monoisotopic (exact) mass is 335 g/mol. The van der Waals surface area contributed by atoms with E-state index in [9.17, 15) is 4.79 Å². The van der Waals surface area contributed by atoms with Gasteiger partial charge in [0.05, 0.1) is 18.3 Å². The van der Waals surface area contributed by atoms with Gasteiger partial charge >= 0.3 is 0 Å². The van der Waals surface area contributed by atoms with Crippen LogP contribution in [0, 0.1) is 6.92 Å². The number of likely N-dealkylation sites (N-methyl/N-ethyl adjacent to an activating group) is 1. The molecular weight excluding hydrogens is 314 g/mol. The molecule has 1 heterocycles. The molecule has 0 bridgehead atoms. The Morgan fingerprint density at radius 3 is 2.65 bits per heavy atom. The highest BCUT2D eigenvalue weighted by Gasteiger charge is 2.15. The molecule has 0 spiro atoms. The Hall–Kier alpha value is -1.85. The summed E-state index contributed by atoms with van der Waals surface area (Å²) in [6.07, 6.45) is 0.819. The molecule has 6 heteroatoms. The number of nitrogens with zero attached hydrogens (tertiary/aromatic N) is 2. The molecule has 0 radical (unpaired) electrons. The molecule has 0 aliphatic heterocycles. The van der Waals surface area contributed by atoms with Gasteiger partial charge in [-0.1, -0.05) is 35.8 Å². The summed E-state index contributed by atoms with van der Waals surface area (Å²) >= 11 is 5.91. The van der Waals surface area contributed by atoms with Crippen molar-refractivity contribution in [1.29, 1.82) is 0 Å². The zero-order valence-electron chi connectivity index (χ0n) is 13.7. The fourth-order valence-electron chi connectivity index (χ4n) is 2.43. The summed E-state index contributed by atoms with van der Waals surface area (Å²) in [5, 5.41) is 7.68. The van der Waals surface area contributed by atoms with Crippen LogP contribution < -0.4 is 5.32 Å². The van der Waals surface area contributed by atoms with Crippen molar-refractivity contribution in [2.45, 2.75) is 32.9 Å². The maximum Gasteiger partial charge on any atom is 0.234 e. The first-order valence-electron chi connectivity index (χ1n) is 7.63. The maximum absolute atomic E-state index is 12.2. The number of benzene rings is 1. The van der Waals surface area contributed by atoms with Crippen LogP contribution in [0.4, 0.5) is 0 Å². The van der Waals surface area contributed by atoms with Gasteiger partial charge in [-0.05, 0) is 38.1 Å². The van der Waals surface area contributed by atoms with Crippen molar-refractivity contribution >= 4 is 17.5 Å². The number of hydrogen-bond acceptors (Lipinski definition) is 4. The molecule has 0 fully saturated rings. The zero-order valence-corrected chi connectivity index (χ0v) is 14.4. The van der Waals surface area contributed by atoms with Crippen LogP contribution in [-0.2, 0) is 11.3 Å². The normalized spacial score (nSPS) is 12.4. The molecule has 0 aliphatic carbocycles. The Morgan fingerprint density at radius 1 is 1.39 bits per heavy atom. The molecule has 0 saturated heterocycles. The van der Waals surface area contributed by atoms with Crippen LogP contribution in [0.2, 0.25) is 5.02 Å². The molecular formula is C17H22ClN3O2. The molecule has 5 nitrogen and oxygen atoms in total. The van der Waals surface area contributed by atoms with Gasteiger partial charge in [-0.3, -0.25) is 9.69 Å². The van der Waals surface area contributed by atoms with Gasteiger partial charge in [0, 0.05) is 17.6 Å². The highest BCUT2D eigenvalue weighted by atomic mass is 35.5. The van der Waals surface area contributed by atoms with Crippen LogP contribution in [0.1, 0.15) is 36.4 Å². The van der Waals surface area contributed by atoms with E-state index in [0.717, 1.165) is 23.4 Å². The van der Waals surface area contributed by atoms with Crippen LogP contribution >= 0.6 is 11.6 Å². The van der Waals surface area contributed by atoms with E-state index >= 15 is 0 Å². The molecule has 1 atom stereocenters. The fourth-order valence-corrected chi connectivity index (χ4v) is 2.55. The molecule has 0 aliphatic rings. The van der Waals surface area contributed by atoms with E-state index in [1.807, 2.05) is 56.1 Å². The van der Waals surface area contributed by atoms with Crippen LogP contribution in [-0.4, -0.2) is 29.6 Å². The Labute approximate surface area is 141 Å². The molecule has 1 N–H and O–H groups in total. The lowest BCUT2D eigenvalue weighted by molar-refractivity contribution is -0.122. The summed E-state index contributed by atoms with van der Waals surface area (Å²) in [7, 11) is 1.88. The van der Waals surface area contributed by atoms with Crippen molar-refractivity contribution in [2.75, 3.05) is 13.6 Å². The first-order valence-corrected chi connectivity index (χ1v) is 8.01. The Balaban J connectivity index is 1.88.